The van der Waals surface area contributed by atoms with Gasteiger partial charge >= 0.3 is 0 Å². The van der Waals surface area contributed by atoms with Crippen LogP contribution in [-0.4, -0.2) is 68.2 Å². The molecule has 2 amide bonds. The highest BCUT2D eigenvalue weighted by atomic mass is 35.5. The summed E-state index contributed by atoms with van der Waals surface area (Å²) in [6.45, 7) is 2.56. The van der Waals surface area contributed by atoms with Crippen molar-refractivity contribution >= 4 is 40.6 Å². The van der Waals surface area contributed by atoms with Crippen LogP contribution in [0.2, 0.25) is 10.0 Å². The van der Waals surface area contributed by atoms with E-state index in [1.54, 1.807) is 18.2 Å². The molecular weight excluding hydrogens is 367 g/mol. The molecule has 0 aliphatic carbocycles. The fraction of sp³-hybridized carbons (Fsp3) is 0.412. The summed E-state index contributed by atoms with van der Waals surface area (Å²) >= 11 is 12.3. The van der Waals surface area contributed by atoms with Crippen molar-refractivity contribution in [3.63, 3.8) is 0 Å². The number of ether oxygens (including phenoxy) is 2. The third-order valence-corrected chi connectivity index (χ3v) is 4.74. The summed E-state index contributed by atoms with van der Waals surface area (Å²) in [5.41, 5.74) is 1.18. The van der Waals surface area contributed by atoms with Crippen LogP contribution >= 0.6 is 23.2 Å². The van der Waals surface area contributed by atoms with Gasteiger partial charge in [-0.25, -0.2) is 0 Å². The maximum atomic E-state index is 13.0. The van der Waals surface area contributed by atoms with Crippen LogP contribution in [0.25, 0.3) is 5.57 Å². The molecule has 1 aromatic carbocycles. The first-order valence-corrected chi connectivity index (χ1v) is 8.67. The van der Waals surface area contributed by atoms with Gasteiger partial charge in [-0.1, -0.05) is 29.3 Å². The van der Waals surface area contributed by atoms with E-state index in [1.807, 2.05) is 4.90 Å². The van der Waals surface area contributed by atoms with Crippen LogP contribution in [0.15, 0.2) is 23.9 Å². The van der Waals surface area contributed by atoms with Crippen molar-refractivity contribution < 1.29 is 19.1 Å². The highest BCUT2D eigenvalue weighted by Crippen LogP contribution is 2.36. The molecule has 0 unspecified atom stereocenters. The monoisotopic (exact) mass is 384 g/mol. The number of morpholine rings is 1. The molecule has 1 aromatic rings. The van der Waals surface area contributed by atoms with E-state index in [4.69, 9.17) is 32.7 Å². The number of rotatable bonds is 5. The zero-order valence-corrected chi connectivity index (χ0v) is 15.3. The first-order chi connectivity index (χ1) is 12.0. The molecule has 2 aliphatic rings. The Balaban J connectivity index is 2.07. The maximum absolute atomic E-state index is 13.0. The first-order valence-electron chi connectivity index (χ1n) is 7.92. The summed E-state index contributed by atoms with van der Waals surface area (Å²) in [7, 11) is 1.53. The summed E-state index contributed by atoms with van der Waals surface area (Å²) in [6.07, 6.45) is 0. The van der Waals surface area contributed by atoms with E-state index in [9.17, 15) is 9.59 Å². The maximum Gasteiger partial charge on any atom is 0.277 e. The summed E-state index contributed by atoms with van der Waals surface area (Å²) in [6, 6.07) is 4.89. The molecule has 0 bridgehead atoms. The fourth-order valence-electron chi connectivity index (χ4n) is 2.96. The van der Waals surface area contributed by atoms with Crippen molar-refractivity contribution in [1.82, 2.24) is 9.80 Å². The Morgan fingerprint density at radius 3 is 2.52 bits per heavy atom. The number of halogens is 2. The van der Waals surface area contributed by atoms with E-state index < -0.39 is 0 Å². The molecule has 0 radical (unpaired) electrons. The molecule has 134 valence electrons. The standard InChI is InChI=1S/C17H18Cl2N2O4/c1-24-7-6-21-16(22)14(12-3-2-11(18)10-13(12)19)15(17(21)23)20-4-8-25-9-5-20/h2-3,10H,4-9H2,1H3. The molecule has 0 spiro atoms. The van der Waals surface area contributed by atoms with E-state index in [0.29, 0.717) is 53.2 Å². The van der Waals surface area contributed by atoms with E-state index in [0.717, 1.165) is 0 Å². The zero-order chi connectivity index (χ0) is 18.0. The molecule has 1 saturated heterocycles. The minimum Gasteiger partial charge on any atom is -0.383 e. The number of imide groups is 1. The van der Waals surface area contributed by atoms with Crippen LogP contribution < -0.4 is 0 Å². The molecule has 2 heterocycles. The lowest BCUT2D eigenvalue weighted by Gasteiger charge is -2.29. The number of hydrogen-bond acceptors (Lipinski definition) is 5. The van der Waals surface area contributed by atoms with Crippen LogP contribution in [0.1, 0.15) is 5.56 Å². The molecule has 25 heavy (non-hydrogen) atoms. The Morgan fingerprint density at radius 1 is 1.16 bits per heavy atom. The molecule has 6 nitrogen and oxygen atoms in total. The minimum atomic E-state index is -0.368. The van der Waals surface area contributed by atoms with Gasteiger partial charge in [0.05, 0.1) is 37.0 Å². The van der Waals surface area contributed by atoms with E-state index >= 15 is 0 Å². The fourth-order valence-corrected chi connectivity index (χ4v) is 3.47. The molecule has 1 fully saturated rings. The van der Waals surface area contributed by atoms with Crippen LogP contribution in [0.4, 0.5) is 0 Å². The number of hydrogen-bond donors (Lipinski definition) is 0. The molecule has 0 aromatic heterocycles. The second-order valence-electron chi connectivity index (χ2n) is 5.70. The molecule has 0 atom stereocenters. The minimum absolute atomic E-state index is 0.191. The third-order valence-electron chi connectivity index (χ3n) is 4.19. The third kappa shape index (κ3) is 3.53. The van der Waals surface area contributed by atoms with Gasteiger partial charge in [-0.15, -0.1) is 0 Å². The number of carbonyl (C=O) groups is 2. The van der Waals surface area contributed by atoms with Gasteiger partial charge in [-0.2, -0.15) is 0 Å². The second-order valence-corrected chi connectivity index (χ2v) is 6.55. The van der Waals surface area contributed by atoms with Crippen LogP contribution in [0.5, 0.6) is 0 Å². The van der Waals surface area contributed by atoms with Gasteiger partial charge in [0, 0.05) is 30.8 Å². The largest absolute Gasteiger partial charge is 0.383 e. The Kier molecular flexibility index (Phi) is 5.64. The SMILES string of the molecule is COCCN1C(=O)C(c2ccc(Cl)cc2Cl)=C(N2CCOCC2)C1=O. The smallest absolute Gasteiger partial charge is 0.277 e. The molecule has 0 saturated carbocycles. The van der Waals surface area contributed by atoms with Gasteiger partial charge in [0.1, 0.15) is 5.70 Å². The highest BCUT2D eigenvalue weighted by molar-refractivity contribution is 6.41. The number of amides is 2. The predicted molar refractivity (Wildman–Crippen MR) is 94.4 cm³/mol. The molecule has 0 N–H and O–H groups in total. The zero-order valence-electron chi connectivity index (χ0n) is 13.8. The Hall–Kier alpha value is -1.60. The summed E-state index contributed by atoms with van der Waals surface area (Å²) in [5.74, 6) is -0.697. The Morgan fingerprint density at radius 2 is 1.88 bits per heavy atom. The molecule has 3 rings (SSSR count). The molecular formula is C17H18Cl2N2O4. The lowest BCUT2D eigenvalue weighted by molar-refractivity contribution is -0.138. The highest BCUT2D eigenvalue weighted by Gasteiger charge is 2.42. The molecule has 8 heteroatoms. The van der Waals surface area contributed by atoms with Gasteiger partial charge in [-0.05, 0) is 12.1 Å². The van der Waals surface area contributed by atoms with Crippen molar-refractivity contribution in [2.75, 3.05) is 46.6 Å². The van der Waals surface area contributed by atoms with Gasteiger partial charge in [0.25, 0.3) is 11.8 Å². The van der Waals surface area contributed by atoms with Crippen molar-refractivity contribution in [2.24, 2.45) is 0 Å². The summed E-state index contributed by atoms with van der Waals surface area (Å²) in [5, 5.41) is 0.804. The van der Waals surface area contributed by atoms with E-state index in [2.05, 4.69) is 0 Å². The van der Waals surface area contributed by atoms with E-state index in [-0.39, 0.29) is 25.0 Å². The predicted octanol–water partition coefficient (Wildman–Crippen LogP) is 2.05. The van der Waals surface area contributed by atoms with Gasteiger partial charge in [0.2, 0.25) is 0 Å². The van der Waals surface area contributed by atoms with Crippen molar-refractivity contribution in [3.05, 3.63) is 39.5 Å². The Bertz CT molecular complexity index is 729. The number of nitrogens with zero attached hydrogens (tertiary/aromatic N) is 2. The summed E-state index contributed by atoms with van der Waals surface area (Å²) in [4.78, 5) is 29.0. The van der Waals surface area contributed by atoms with Gasteiger partial charge < -0.3 is 14.4 Å². The lowest BCUT2D eigenvalue weighted by Crippen LogP contribution is -2.41. The van der Waals surface area contributed by atoms with Gasteiger partial charge in [0.15, 0.2) is 0 Å². The van der Waals surface area contributed by atoms with Crippen molar-refractivity contribution in [1.29, 1.82) is 0 Å². The normalized spacial score (nSPS) is 18.5. The Labute approximate surface area is 155 Å². The first kappa shape index (κ1) is 18.2. The molecule has 2 aliphatic heterocycles. The van der Waals surface area contributed by atoms with Crippen molar-refractivity contribution in [2.45, 2.75) is 0 Å². The second kappa shape index (κ2) is 7.74. The van der Waals surface area contributed by atoms with Crippen LogP contribution in [0, 0.1) is 0 Å². The van der Waals surface area contributed by atoms with Crippen molar-refractivity contribution in [3.8, 4) is 0 Å². The van der Waals surface area contributed by atoms with Crippen LogP contribution in [0.3, 0.4) is 0 Å². The van der Waals surface area contributed by atoms with Gasteiger partial charge in [-0.3, -0.25) is 14.5 Å². The lowest BCUT2D eigenvalue weighted by atomic mass is 10.0. The van der Waals surface area contributed by atoms with E-state index in [1.165, 1.54) is 12.0 Å². The number of carbonyl (C=O) groups excluding carboxylic acids is 2. The average Bonchev–Trinajstić information content (AvgIpc) is 2.84. The average molecular weight is 385 g/mol. The quantitative estimate of drug-likeness (QED) is 0.727. The van der Waals surface area contributed by atoms with Crippen LogP contribution in [-0.2, 0) is 19.1 Å². The topological polar surface area (TPSA) is 59.1 Å². The summed E-state index contributed by atoms with van der Waals surface area (Å²) < 4.78 is 10.4. The number of methoxy groups -OCH3 is 1. The number of benzene rings is 1.